The Kier molecular flexibility index (Phi) is 4.83. The smallest absolute Gasteiger partial charge is 0.236 e. The van der Waals surface area contributed by atoms with Crippen molar-refractivity contribution in [2.24, 2.45) is 0 Å². The highest BCUT2D eigenvalue weighted by atomic mass is 32.2. The highest BCUT2D eigenvalue weighted by molar-refractivity contribution is 7.99. The molecule has 3 rings (SSSR count). The van der Waals surface area contributed by atoms with E-state index in [9.17, 15) is 4.79 Å². The Labute approximate surface area is 139 Å². The van der Waals surface area contributed by atoms with Gasteiger partial charge in [0.15, 0.2) is 5.13 Å². The summed E-state index contributed by atoms with van der Waals surface area (Å²) in [7, 11) is 1.59. The first-order valence-electron chi connectivity index (χ1n) is 6.51. The summed E-state index contributed by atoms with van der Waals surface area (Å²) in [4.78, 5) is 15.9. The second kappa shape index (κ2) is 7.20. The number of nitrogens with one attached hydrogen (secondary N) is 1. The second-order valence-corrected chi connectivity index (χ2v) is 6.09. The number of nitrogens with zero attached hydrogens (tertiary/aromatic N) is 5. The third kappa shape index (κ3) is 3.85. The lowest BCUT2D eigenvalue weighted by Crippen LogP contribution is -2.14. The van der Waals surface area contributed by atoms with E-state index in [4.69, 9.17) is 4.74 Å². The van der Waals surface area contributed by atoms with Crippen LogP contribution in [-0.4, -0.2) is 44.0 Å². The number of amides is 1. The van der Waals surface area contributed by atoms with Crippen LogP contribution in [-0.2, 0) is 4.79 Å². The lowest BCUT2D eigenvalue weighted by molar-refractivity contribution is -0.113. The maximum absolute atomic E-state index is 11.9. The number of methoxy groups -OCH3 is 1. The minimum atomic E-state index is -0.162. The van der Waals surface area contributed by atoms with Gasteiger partial charge in [-0.05, 0) is 22.6 Å². The van der Waals surface area contributed by atoms with Crippen molar-refractivity contribution in [3.8, 4) is 11.4 Å². The molecular weight excluding hydrogens is 336 g/mol. The van der Waals surface area contributed by atoms with E-state index in [1.165, 1.54) is 23.1 Å². The van der Waals surface area contributed by atoms with Crippen LogP contribution in [0.1, 0.15) is 0 Å². The molecule has 0 spiro atoms. The zero-order valence-corrected chi connectivity index (χ0v) is 13.7. The molecule has 0 saturated carbocycles. The molecule has 2 aromatic heterocycles. The van der Waals surface area contributed by atoms with Gasteiger partial charge in [0.2, 0.25) is 11.1 Å². The molecule has 0 saturated heterocycles. The molecule has 0 aliphatic heterocycles. The number of tetrazole rings is 1. The minimum Gasteiger partial charge on any atom is -0.497 e. The van der Waals surface area contributed by atoms with Gasteiger partial charge in [-0.1, -0.05) is 17.8 Å². The fraction of sp³-hybridized carbons (Fsp3) is 0.154. The van der Waals surface area contributed by atoms with E-state index in [2.05, 4.69) is 25.8 Å². The molecule has 1 amide bonds. The molecular formula is C13H12N6O2S2. The van der Waals surface area contributed by atoms with Gasteiger partial charge in [-0.25, -0.2) is 4.98 Å². The molecule has 8 nitrogen and oxygen atoms in total. The predicted molar refractivity (Wildman–Crippen MR) is 87.2 cm³/mol. The van der Waals surface area contributed by atoms with Crippen molar-refractivity contribution in [2.75, 3.05) is 18.2 Å². The zero-order valence-electron chi connectivity index (χ0n) is 12.0. The molecule has 2 heterocycles. The van der Waals surface area contributed by atoms with E-state index >= 15 is 0 Å². The van der Waals surface area contributed by atoms with E-state index in [0.717, 1.165) is 5.69 Å². The van der Waals surface area contributed by atoms with Gasteiger partial charge in [0.25, 0.3) is 0 Å². The van der Waals surface area contributed by atoms with Crippen molar-refractivity contribution in [1.29, 1.82) is 0 Å². The SMILES string of the molecule is COc1cccc(-n2nnnc2SCC(=O)Nc2nccs2)c1. The van der Waals surface area contributed by atoms with Crippen LogP contribution in [0.2, 0.25) is 0 Å². The number of ether oxygens (including phenoxy) is 1. The van der Waals surface area contributed by atoms with E-state index in [1.54, 1.807) is 23.4 Å². The summed E-state index contributed by atoms with van der Waals surface area (Å²) in [6.45, 7) is 0. The molecule has 1 N–H and O–H groups in total. The first-order valence-corrected chi connectivity index (χ1v) is 8.38. The van der Waals surface area contributed by atoms with E-state index < -0.39 is 0 Å². The van der Waals surface area contributed by atoms with Gasteiger partial charge in [0.05, 0.1) is 18.6 Å². The summed E-state index contributed by atoms with van der Waals surface area (Å²) in [6.07, 6.45) is 1.64. The van der Waals surface area contributed by atoms with Crippen LogP contribution in [0.5, 0.6) is 5.75 Å². The number of hydrogen-bond acceptors (Lipinski definition) is 8. The predicted octanol–water partition coefficient (Wildman–Crippen LogP) is 1.86. The summed E-state index contributed by atoms with van der Waals surface area (Å²) < 4.78 is 6.75. The number of aromatic nitrogens is 5. The highest BCUT2D eigenvalue weighted by Gasteiger charge is 2.12. The normalized spacial score (nSPS) is 10.5. The van der Waals surface area contributed by atoms with Crippen molar-refractivity contribution in [2.45, 2.75) is 5.16 Å². The van der Waals surface area contributed by atoms with Gasteiger partial charge >= 0.3 is 0 Å². The van der Waals surface area contributed by atoms with E-state index in [1.807, 2.05) is 24.3 Å². The third-order valence-electron chi connectivity index (χ3n) is 2.75. The van der Waals surface area contributed by atoms with Crippen molar-refractivity contribution in [3.05, 3.63) is 35.8 Å². The molecule has 0 bridgehead atoms. The monoisotopic (exact) mass is 348 g/mol. The number of benzene rings is 1. The number of carbonyl (C=O) groups is 1. The number of hydrogen-bond donors (Lipinski definition) is 1. The molecule has 0 aliphatic carbocycles. The summed E-state index contributed by atoms with van der Waals surface area (Å²) >= 11 is 2.61. The Balaban J connectivity index is 1.67. The standard InChI is InChI=1S/C13H12N6O2S2/c1-21-10-4-2-3-9(7-10)19-13(16-17-18-19)23-8-11(20)15-12-14-5-6-22-12/h2-7H,8H2,1H3,(H,14,15,20). The zero-order chi connectivity index (χ0) is 16.1. The van der Waals surface area contributed by atoms with Crippen molar-refractivity contribution in [3.63, 3.8) is 0 Å². The van der Waals surface area contributed by atoms with Crippen LogP contribution in [0, 0.1) is 0 Å². The summed E-state index contributed by atoms with van der Waals surface area (Å²) in [5.74, 6) is 0.727. The molecule has 0 fully saturated rings. The number of carbonyl (C=O) groups excluding carboxylic acids is 1. The summed E-state index contributed by atoms with van der Waals surface area (Å²) in [5, 5.41) is 17.2. The number of anilines is 1. The lowest BCUT2D eigenvalue weighted by Gasteiger charge is -2.06. The van der Waals surface area contributed by atoms with E-state index in [-0.39, 0.29) is 11.7 Å². The number of thioether (sulfide) groups is 1. The Morgan fingerprint density at radius 3 is 3.17 bits per heavy atom. The van der Waals surface area contributed by atoms with Crippen LogP contribution >= 0.6 is 23.1 Å². The van der Waals surface area contributed by atoms with Crippen molar-refractivity contribution < 1.29 is 9.53 Å². The fourth-order valence-corrected chi connectivity index (χ4v) is 2.98. The molecule has 0 atom stereocenters. The van der Waals surface area contributed by atoms with Gasteiger partial charge in [-0.2, -0.15) is 4.68 Å². The van der Waals surface area contributed by atoms with Crippen molar-refractivity contribution in [1.82, 2.24) is 25.2 Å². The van der Waals surface area contributed by atoms with Crippen molar-refractivity contribution >= 4 is 34.1 Å². The Hall–Kier alpha value is -2.46. The topological polar surface area (TPSA) is 94.8 Å². The third-order valence-corrected chi connectivity index (χ3v) is 4.36. The molecule has 10 heteroatoms. The van der Waals surface area contributed by atoms with Gasteiger partial charge in [0.1, 0.15) is 5.75 Å². The van der Waals surface area contributed by atoms with Crippen LogP contribution in [0.3, 0.4) is 0 Å². The number of rotatable bonds is 6. The quantitative estimate of drug-likeness (QED) is 0.679. The van der Waals surface area contributed by atoms with Gasteiger partial charge in [-0.15, -0.1) is 16.4 Å². The van der Waals surface area contributed by atoms with Gasteiger partial charge < -0.3 is 10.1 Å². The highest BCUT2D eigenvalue weighted by Crippen LogP contribution is 2.21. The largest absolute Gasteiger partial charge is 0.497 e. The molecule has 23 heavy (non-hydrogen) atoms. The molecule has 3 aromatic rings. The minimum absolute atomic E-state index is 0.162. The summed E-state index contributed by atoms with van der Waals surface area (Å²) in [6, 6.07) is 7.36. The molecule has 1 aromatic carbocycles. The Morgan fingerprint density at radius 1 is 1.48 bits per heavy atom. The first kappa shape index (κ1) is 15.4. The number of thiazole rings is 1. The average molecular weight is 348 g/mol. The van der Waals surface area contributed by atoms with Gasteiger partial charge in [0, 0.05) is 17.6 Å². The fourth-order valence-electron chi connectivity index (χ4n) is 1.74. The second-order valence-electron chi connectivity index (χ2n) is 4.25. The average Bonchev–Trinajstić information content (AvgIpc) is 3.24. The summed E-state index contributed by atoms with van der Waals surface area (Å²) in [5.41, 5.74) is 0.761. The van der Waals surface area contributed by atoms with Crippen LogP contribution in [0.15, 0.2) is 41.0 Å². The maximum atomic E-state index is 11.9. The lowest BCUT2D eigenvalue weighted by atomic mass is 10.3. The molecule has 0 aliphatic rings. The van der Waals surface area contributed by atoms with E-state index in [0.29, 0.717) is 16.0 Å². The molecule has 118 valence electrons. The maximum Gasteiger partial charge on any atom is 0.236 e. The van der Waals surface area contributed by atoms with Crippen LogP contribution < -0.4 is 10.1 Å². The Bertz CT molecular complexity index is 789. The van der Waals surface area contributed by atoms with Crippen LogP contribution in [0.4, 0.5) is 5.13 Å². The molecule has 0 unspecified atom stereocenters. The first-order chi connectivity index (χ1) is 11.3. The molecule has 0 radical (unpaired) electrons. The van der Waals surface area contributed by atoms with Gasteiger partial charge in [-0.3, -0.25) is 4.79 Å². The van der Waals surface area contributed by atoms with Crippen LogP contribution in [0.25, 0.3) is 5.69 Å². The Morgan fingerprint density at radius 2 is 2.39 bits per heavy atom.